The number of nitrogens with zero attached hydrogens (tertiary/aromatic N) is 1. The SMILES string of the molecule is C[C@H]1CCCN(c2cc(N)cc(C(F)(F)F)c2)C1. The summed E-state index contributed by atoms with van der Waals surface area (Å²) >= 11 is 0. The fraction of sp³-hybridized carbons (Fsp3) is 0.538. The van der Waals surface area contributed by atoms with Crippen LogP contribution >= 0.6 is 0 Å². The van der Waals surface area contributed by atoms with Crippen molar-refractivity contribution in [2.24, 2.45) is 5.92 Å². The minimum Gasteiger partial charge on any atom is -0.399 e. The van der Waals surface area contributed by atoms with Crippen molar-refractivity contribution in [2.75, 3.05) is 23.7 Å². The minimum absolute atomic E-state index is 0.165. The molecule has 2 rings (SSSR count). The summed E-state index contributed by atoms with van der Waals surface area (Å²) < 4.78 is 38.2. The van der Waals surface area contributed by atoms with Crippen molar-refractivity contribution in [3.05, 3.63) is 23.8 Å². The first-order valence-electron chi connectivity index (χ1n) is 6.09. The van der Waals surface area contributed by atoms with Crippen molar-refractivity contribution in [1.82, 2.24) is 0 Å². The Morgan fingerprint density at radius 1 is 1.28 bits per heavy atom. The number of nitrogen functional groups attached to an aromatic ring is 1. The van der Waals surface area contributed by atoms with Crippen LogP contribution < -0.4 is 10.6 Å². The largest absolute Gasteiger partial charge is 0.416 e. The third-order valence-electron chi connectivity index (χ3n) is 3.29. The molecule has 1 saturated heterocycles. The Morgan fingerprint density at radius 2 is 2.00 bits per heavy atom. The summed E-state index contributed by atoms with van der Waals surface area (Å²) in [5.41, 5.74) is 5.64. The van der Waals surface area contributed by atoms with Crippen LogP contribution in [0.3, 0.4) is 0 Å². The second kappa shape index (κ2) is 4.71. The minimum atomic E-state index is -4.34. The van der Waals surface area contributed by atoms with Gasteiger partial charge in [-0.3, -0.25) is 0 Å². The summed E-state index contributed by atoms with van der Waals surface area (Å²) in [6.07, 6.45) is -2.20. The van der Waals surface area contributed by atoms with Crippen LogP contribution in [0.1, 0.15) is 25.3 Å². The van der Waals surface area contributed by atoms with Gasteiger partial charge in [-0.15, -0.1) is 0 Å². The lowest BCUT2D eigenvalue weighted by Crippen LogP contribution is -2.34. The van der Waals surface area contributed by atoms with E-state index in [0.29, 0.717) is 11.6 Å². The van der Waals surface area contributed by atoms with Gasteiger partial charge in [0, 0.05) is 24.5 Å². The van der Waals surface area contributed by atoms with E-state index in [1.54, 1.807) is 6.07 Å². The average Bonchev–Trinajstić information content (AvgIpc) is 2.27. The Labute approximate surface area is 105 Å². The molecule has 0 aliphatic carbocycles. The van der Waals surface area contributed by atoms with E-state index < -0.39 is 11.7 Å². The highest BCUT2D eigenvalue weighted by atomic mass is 19.4. The predicted octanol–water partition coefficient (Wildman–Crippen LogP) is 3.52. The van der Waals surface area contributed by atoms with Crippen molar-refractivity contribution < 1.29 is 13.2 Å². The molecular weight excluding hydrogens is 241 g/mol. The highest BCUT2D eigenvalue weighted by Gasteiger charge is 2.31. The van der Waals surface area contributed by atoms with E-state index in [1.807, 2.05) is 4.90 Å². The number of benzene rings is 1. The summed E-state index contributed by atoms with van der Waals surface area (Å²) in [5.74, 6) is 0.509. The maximum atomic E-state index is 12.7. The van der Waals surface area contributed by atoms with Gasteiger partial charge in [-0.05, 0) is 37.0 Å². The van der Waals surface area contributed by atoms with Crippen LogP contribution in [-0.4, -0.2) is 13.1 Å². The van der Waals surface area contributed by atoms with Crippen LogP contribution in [0.25, 0.3) is 0 Å². The standard InChI is InChI=1S/C13H17F3N2/c1-9-3-2-4-18(8-9)12-6-10(13(14,15)16)5-11(17)7-12/h5-7,9H,2-4,8,17H2,1H3/t9-/m0/s1. The highest BCUT2D eigenvalue weighted by molar-refractivity contribution is 5.59. The fourth-order valence-corrected chi connectivity index (χ4v) is 2.40. The summed E-state index contributed by atoms with van der Waals surface area (Å²) in [6, 6.07) is 3.79. The van der Waals surface area contributed by atoms with Gasteiger partial charge in [-0.1, -0.05) is 6.92 Å². The molecule has 0 amide bonds. The number of hydrogen-bond acceptors (Lipinski definition) is 2. The third-order valence-corrected chi connectivity index (χ3v) is 3.29. The van der Waals surface area contributed by atoms with Crippen LogP contribution in [0, 0.1) is 5.92 Å². The Hall–Kier alpha value is -1.39. The molecule has 0 saturated carbocycles. The first-order valence-corrected chi connectivity index (χ1v) is 6.09. The quantitative estimate of drug-likeness (QED) is 0.781. The fourth-order valence-electron chi connectivity index (χ4n) is 2.40. The zero-order chi connectivity index (χ0) is 13.3. The van der Waals surface area contributed by atoms with Gasteiger partial charge in [-0.25, -0.2) is 0 Å². The lowest BCUT2D eigenvalue weighted by atomic mass is 9.99. The predicted molar refractivity (Wildman–Crippen MR) is 66.5 cm³/mol. The van der Waals surface area contributed by atoms with E-state index in [2.05, 4.69) is 6.92 Å². The molecule has 0 bridgehead atoms. The normalized spacial score (nSPS) is 21.1. The van der Waals surface area contributed by atoms with Crippen LogP contribution in [-0.2, 0) is 6.18 Å². The van der Waals surface area contributed by atoms with Gasteiger partial charge in [0.1, 0.15) is 0 Å². The molecule has 0 unspecified atom stereocenters. The van der Waals surface area contributed by atoms with Crippen molar-refractivity contribution in [3.8, 4) is 0 Å². The second-order valence-corrected chi connectivity index (χ2v) is 5.00. The Bertz CT molecular complexity index is 429. The monoisotopic (exact) mass is 258 g/mol. The molecular formula is C13H17F3N2. The van der Waals surface area contributed by atoms with E-state index in [9.17, 15) is 13.2 Å². The van der Waals surface area contributed by atoms with Crippen LogP contribution in [0.2, 0.25) is 0 Å². The summed E-state index contributed by atoms with van der Waals surface area (Å²) in [6.45, 7) is 3.70. The van der Waals surface area contributed by atoms with Gasteiger partial charge in [0.2, 0.25) is 0 Å². The molecule has 1 aliphatic heterocycles. The van der Waals surface area contributed by atoms with E-state index in [0.717, 1.165) is 32.0 Å². The van der Waals surface area contributed by atoms with Gasteiger partial charge < -0.3 is 10.6 Å². The van der Waals surface area contributed by atoms with Gasteiger partial charge >= 0.3 is 6.18 Å². The zero-order valence-electron chi connectivity index (χ0n) is 10.3. The van der Waals surface area contributed by atoms with Crippen LogP contribution in [0.5, 0.6) is 0 Å². The van der Waals surface area contributed by atoms with E-state index in [-0.39, 0.29) is 5.69 Å². The molecule has 1 aromatic carbocycles. The highest BCUT2D eigenvalue weighted by Crippen LogP contribution is 2.34. The molecule has 1 heterocycles. The van der Waals surface area contributed by atoms with Crippen molar-refractivity contribution in [2.45, 2.75) is 25.9 Å². The maximum absolute atomic E-state index is 12.7. The zero-order valence-corrected chi connectivity index (χ0v) is 10.3. The molecule has 1 fully saturated rings. The Morgan fingerprint density at radius 3 is 2.61 bits per heavy atom. The van der Waals surface area contributed by atoms with E-state index in [1.165, 1.54) is 6.07 Å². The van der Waals surface area contributed by atoms with Gasteiger partial charge in [0.05, 0.1) is 5.56 Å². The Kier molecular flexibility index (Phi) is 3.41. The van der Waals surface area contributed by atoms with Gasteiger partial charge in [0.15, 0.2) is 0 Å². The second-order valence-electron chi connectivity index (χ2n) is 5.00. The molecule has 0 radical (unpaired) electrons. The molecule has 2 nitrogen and oxygen atoms in total. The van der Waals surface area contributed by atoms with E-state index >= 15 is 0 Å². The van der Waals surface area contributed by atoms with Crippen molar-refractivity contribution in [3.63, 3.8) is 0 Å². The molecule has 18 heavy (non-hydrogen) atoms. The number of piperidine rings is 1. The van der Waals surface area contributed by atoms with Crippen LogP contribution in [0.15, 0.2) is 18.2 Å². The number of anilines is 2. The topological polar surface area (TPSA) is 29.3 Å². The maximum Gasteiger partial charge on any atom is 0.416 e. The summed E-state index contributed by atoms with van der Waals surface area (Å²) in [4.78, 5) is 1.99. The lowest BCUT2D eigenvalue weighted by Gasteiger charge is -2.33. The first kappa shape index (κ1) is 13.1. The number of hydrogen-bond donors (Lipinski definition) is 1. The molecule has 0 spiro atoms. The molecule has 0 aromatic heterocycles. The number of alkyl halides is 3. The van der Waals surface area contributed by atoms with Gasteiger partial charge in [0.25, 0.3) is 0 Å². The first-order chi connectivity index (χ1) is 8.36. The number of halogens is 3. The van der Waals surface area contributed by atoms with Crippen molar-refractivity contribution in [1.29, 1.82) is 0 Å². The van der Waals surface area contributed by atoms with Crippen LogP contribution in [0.4, 0.5) is 24.5 Å². The molecule has 100 valence electrons. The molecule has 1 aliphatic rings. The summed E-state index contributed by atoms with van der Waals surface area (Å²) in [7, 11) is 0. The lowest BCUT2D eigenvalue weighted by molar-refractivity contribution is -0.137. The number of rotatable bonds is 1. The third kappa shape index (κ3) is 2.89. The van der Waals surface area contributed by atoms with Gasteiger partial charge in [-0.2, -0.15) is 13.2 Å². The smallest absolute Gasteiger partial charge is 0.399 e. The average molecular weight is 258 g/mol. The molecule has 5 heteroatoms. The number of nitrogens with two attached hydrogens (primary N) is 1. The molecule has 1 aromatic rings. The molecule has 1 atom stereocenters. The molecule has 2 N–H and O–H groups in total. The van der Waals surface area contributed by atoms with E-state index in [4.69, 9.17) is 5.73 Å². The van der Waals surface area contributed by atoms with Crippen molar-refractivity contribution >= 4 is 11.4 Å². The Balaban J connectivity index is 2.30. The summed E-state index contributed by atoms with van der Waals surface area (Å²) in [5, 5.41) is 0.